The fraction of sp³-hybridized carbons (Fsp3) is 0.471. The Kier molecular flexibility index (Phi) is 5.98. The van der Waals surface area contributed by atoms with Crippen molar-refractivity contribution in [3.8, 4) is 5.75 Å². The van der Waals surface area contributed by atoms with E-state index in [1.54, 1.807) is 12.1 Å². The quantitative estimate of drug-likeness (QED) is 0.564. The van der Waals surface area contributed by atoms with Gasteiger partial charge in [-0.3, -0.25) is 4.79 Å². The maximum Gasteiger partial charge on any atom is 0.248 e. The molecule has 0 fully saturated rings. The van der Waals surface area contributed by atoms with Crippen LogP contribution in [0.4, 0.5) is 0 Å². The Hall–Kier alpha value is -1.85. The van der Waals surface area contributed by atoms with Gasteiger partial charge in [-0.2, -0.15) is 0 Å². The van der Waals surface area contributed by atoms with Crippen LogP contribution < -0.4 is 10.9 Å². The number of pyridine rings is 1. The molecule has 2 rings (SSSR count). The van der Waals surface area contributed by atoms with Gasteiger partial charge in [-0.05, 0) is 30.7 Å². The van der Waals surface area contributed by atoms with Crippen LogP contribution in [0, 0.1) is 0 Å². The van der Waals surface area contributed by atoms with Crippen molar-refractivity contribution in [2.75, 3.05) is 13.1 Å². The van der Waals surface area contributed by atoms with E-state index in [2.05, 4.69) is 17.2 Å². The largest absolute Gasteiger partial charge is 0.506 e. The zero-order valence-corrected chi connectivity index (χ0v) is 12.9. The van der Waals surface area contributed by atoms with E-state index in [0.29, 0.717) is 23.0 Å². The number of aliphatic hydroxyl groups is 1. The predicted octanol–water partition coefficient (Wildman–Crippen LogP) is 2.44. The Morgan fingerprint density at radius 2 is 2.00 bits per heavy atom. The van der Waals surface area contributed by atoms with Crippen LogP contribution in [0.15, 0.2) is 29.1 Å². The van der Waals surface area contributed by atoms with Gasteiger partial charge in [0.2, 0.25) is 5.56 Å². The minimum absolute atomic E-state index is 0.0103. The maximum atomic E-state index is 11.4. The number of benzene rings is 1. The Morgan fingerprint density at radius 1 is 1.18 bits per heavy atom. The number of phenolic OH excluding ortho intramolecular Hbond substituents is 1. The fourth-order valence-electron chi connectivity index (χ4n) is 2.58. The van der Waals surface area contributed by atoms with Crippen LogP contribution in [-0.4, -0.2) is 28.3 Å². The van der Waals surface area contributed by atoms with Crippen LogP contribution in [0.25, 0.3) is 10.9 Å². The Bertz CT molecular complexity index is 666. The molecule has 120 valence electrons. The zero-order chi connectivity index (χ0) is 15.9. The summed E-state index contributed by atoms with van der Waals surface area (Å²) in [4.78, 5) is 14.0. The van der Waals surface area contributed by atoms with Gasteiger partial charge in [0.05, 0.1) is 11.6 Å². The highest BCUT2D eigenvalue weighted by Gasteiger charge is 2.13. The van der Waals surface area contributed by atoms with Gasteiger partial charge in [-0.25, -0.2) is 0 Å². The molecule has 0 aliphatic rings. The van der Waals surface area contributed by atoms with E-state index >= 15 is 0 Å². The number of aromatic nitrogens is 1. The van der Waals surface area contributed by atoms with Crippen LogP contribution in [0.5, 0.6) is 5.75 Å². The third-order valence-corrected chi connectivity index (χ3v) is 3.81. The van der Waals surface area contributed by atoms with E-state index in [1.807, 2.05) is 0 Å². The van der Waals surface area contributed by atoms with Crippen molar-refractivity contribution < 1.29 is 10.2 Å². The molecular formula is C17H24N2O3. The molecule has 1 atom stereocenters. The second-order valence-corrected chi connectivity index (χ2v) is 5.57. The lowest BCUT2D eigenvalue weighted by Gasteiger charge is -2.15. The minimum Gasteiger partial charge on any atom is -0.506 e. The average molecular weight is 304 g/mol. The van der Waals surface area contributed by atoms with Crippen LogP contribution in [0.3, 0.4) is 0 Å². The average Bonchev–Trinajstić information content (AvgIpc) is 2.51. The number of nitrogens with one attached hydrogen (secondary N) is 2. The van der Waals surface area contributed by atoms with Crippen molar-refractivity contribution in [2.45, 2.75) is 38.7 Å². The van der Waals surface area contributed by atoms with Gasteiger partial charge >= 0.3 is 0 Å². The van der Waals surface area contributed by atoms with Crippen LogP contribution in [0.2, 0.25) is 0 Å². The standard InChI is InChI=1S/C17H24N2O3/c1-2-3-4-5-10-18-11-15(21)12-6-8-14(20)17-13(12)7-9-16(22)19-17/h6-9,15,18,20-21H,2-5,10-11H2,1H3,(H,19,22)/t15-/m0/s1. The number of aromatic amines is 1. The molecule has 0 saturated heterocycles. The summed E-state index contributed by atoms with van der Waals surface area (Å²) in [5.41, 5.74) is 0.792. The third-order valence-electron chi connectivity index (χ3n) is 3.81. The second kappa shape index (κ2) is 7.96. The molecule has 0 radical (unpaired) electrons. The zero-order valence-electron chi connectivity index (χ0n) is 12.9. The number of aliphatic hydroxyl groups excluding tert-OH is 1. The molecule has 1 aromatic carbocycles. The first kappa shape index (κ1) is 16.5. The minimum atomic E-state index is -0.680. The highest BCUT2D eigenvalue weighted by molar-refractivity contribution is 5.87. The predicted molar refractivity (Wildman–Crippen MR) is 88.2 cm³/mol. The molecule has 0 bridgehead atoms. The lowest BCUT2D eigenvalue weighted by molar-refractivity contribution is 0.176. The highest BCUT2D eigenvalue weighted by Crippen LogP contribution is 2.28. The first-order valence-corrected chi connectivity index (χ1v) is 7.87. The van der Waals surface area contributed by atoms with E-state index in [1.165, 1.54) is 31.4 Å². The van der Waals surface area contributed by atoms with Gasteiger partial charge < -0.3 is 20.5 Å². The number of fused-ring (bicyclic) bond motifs is 1. The molecule has 1 aromatic heterocycles. The number of unbranched alkanes of at least 4 members (excludes halogenated alkanes) is 3. The van der Waals surface area contributed by atoms with E-state index in [-0.39, 0.29) is 11.3 Å². The van der Waals surface area contributed by atoms with Gasteiger partial charge in [0.15, 0.2) is 0 Å². The van der Waals surface area contributed by atoms with Crippen molar-refractivity contribution in [1.82, 2.24) is 10.3 Å². The summed E-state index contributed by atoms with van der Waals surface area (Å²) in [5, 5.41) is 24.1. The first-order chi connectivity index (χ1) is 10.6. The van der Waals surface area contributed by atoms with E-state index < -0.39 is 6.10 Å². The Labute approximate surface area is 130 Å². The molecule has 0 spiro atoms. The molecular weight excluding hydrogens is 280 g/mol. The summed E-state index contributed by atoms with van der Waals surface area (Å²) >= 11 is 0. The second-order valence-electron chi connectivity index (χ2n) is 5.57. The lowest BCUT2D eigenvalue weighted by atomic mass is 10.0. The molecule has 0 unspecified atom stereocenters. The fourth-order valence-corrected chi connectivity index (χ4v) is 2.58. The number of rotatable bonds is 8. The van der Waals surface area contributed by atoms with Gasteiger partial charge in [-0.15, -0.1) is 0 Å². The van der Waals surface area contributed by atoms with Crippen LogP contribution >= 0.6 is 0 Å². The van der Waals surface area contributed by atoms with Crippen molar-refractivity contribution in [1.29, 1.82) is 0 Å². The Morgan fingerprint density at radius 3 is 2.77 bits per heavy atom. The molecule has 0 aliphatic carbocycles. The van der Waals surface area contributed by atoms with Gasteiger partial charge in [-0.1, -0.05) is 32.3 Å². The van der Waals surface area contributed by atoms with Crippen molar-refractivity contribution in [2.24, 2.45) is 0 Å². The van der Waals surface area contributed by atoms with Crippen molar-refractivity contribution >= 4 is 10.9 Å². The number of aromatic hydroxyl groups is 1. The number of phenols is 1. The summed E-state index contributed by atoms with van der Waals surface area (Å²) in [5.74, 6) is 0.0103. The van der Waals surface area contributed by atoms with Crippen molar-refractivity contribution in [3.05, 3.63) is 40.2 Å². The SMILES string of the molecule is CCCCCCNC[C@H](O)c1ccc(O)c2[nH]c(=O)ccc12. The molecule has 22 heavy (non-hydrogen) atoms. The highest BCUT2D eigenvalue weighted by atomic mass is 16.3. The topological polar surface area (TPSA) is 85.3 Å². The summed E-state index contributed by atoms with van der Waals surface area (Å²) < 4.78 is 0. The molecule has 1 heterocycles. The molecule has 5 nitrogen and oxygen atoms in total. The summed E-state index contributed by atoms with van der Waals surface area (Å²) in [6.45, 7) is 3.51. The number of H-pyrrole nitrogens is 1. The first-order valence-electron chi connectivity index (χ1n) is 7.87. The van der Waals surface area contributed by atoms with E-state index in [0.717, 1.165) is 13.0 Å². The molecule has 2 aromatic rings. The summed E-state index contributed by atoms with van der Waals surface area (Å²) in [7, 11) is 0. The lowest BCUT2D eigenvalue weighted by Crippen LogP contribution is -2.22. The Balaban J connectivity index is 2.04. The van der Waals surface area contributed by atoms with Gasteiger partial charge in [0, 0.05) is 18.0 Å². The molecule has 0 aliphatic heterocycles. The monoisotopic (exact) mass is 304 g/mol. The maximum absolute atomic E-state index is 11.4. The third kappa shape index (κ3) is 4.08. The number of hydrogen-bond donors (Lipinski definition) is 4. The molecule has 0 amide bonds. The molecule has 0 saturated carbocycles. The van der Waals surface area contributed by atoms with Crippen molar-refractivity contribution in [3.63, 3.8) is 0 Å². The molecule has 5 heteroatoms. The van der Waals surface area contributed by atoms with E-state index in [9.17, 15) is 15.0 Å². The normalized spacial score (nSPS) is 12.6. The van der Waals surface area contributed by atoms with Gasteiger partial charge in [0.25, 0.3) is 0 Å². The smallest absolute Gasteiger partial charge is 0.248 e. The van der Waals surface area contributed by atoms with Crippen LogP contribution in [-0.2, 0) is 0 Å². The summed E-state index contributed by atoms with van der Waals surface area (Å²) in [6, 6.07) is 6.22. The summed E-state index contributed by atoms with van der Waals surface area (Å²) in [6.07, 6.45) is 4.06. The number of hydrogen-bond acceptors (Lipinski definition) is 4. The van der Waals surface area contributed by atoms with Gasteiger partial charge in [0.1, 0.15) is 5.75 Å². The molecule has 4 N–H and O–H groups in total. The van der Waals surface area contributed by atoms with E-state index in [4.69, 9.17) is 0 Å². The van der Waals surface area contributed by atoms with Crippen LogP contribution in [0.1, 0.15) is 44.3 Å².